The van der Waals surface area contributed by atoms with Crippen LogP contribution in [0.2, 0.25) is 0 Å². The number of hydrogen-bond donors (Lipinski definition) is 3. The average molecular weight is 493 g/mol. The van der Waals surface area contributed by atoms with Gasteiger partial charge in [0.05, 0.1) is 23.5 Å². The fourth-order valence-corrected chi connectivity index (χ4v) is 3.25. The number of fused-ring (bicyclic) bond motifs is 1. The summed E-state index contributed by atoms with van der Waals surface area (Å²) in [6.45, 7) is 3.21. The molecule has 0 aliphatic rings. The molecule has 5 N–H and O–H groups in total. The summed E-state index contributed by atoms with van der Waals surface area (Å²) in [5, 5.41) is 24.9. The Kier molecular flexibility index (Phi) is 11.9. The monoisotopic (exact) mass is 493 g/mol. The van der Waals surface area contributed by atoms with Gasteiger partial charge < -0.3 is 36.6 Å². The van der Waals surface area contributed by atoms with Crippen LogP contribution in [0.25, 0.3) is 10.9 Å². The van der Waals surface area contributed by atoms with Crippen molar-refractivity contribution < 1.29 is 83.7 Å². The van der Waals surface area contributed by atoms with Crippen LogP contribution in [0.3, 0.4) is 0 Å². The second-order valence-electron chi connectivity index (χ2n) is 7.46. The Bertz CT molecular complexity index is 1250. The van der Waals surface area contributed by atoms with Gasteiger partial charge in [0.1, 0.15) is 5.82 Å². The summed E-state index contributed by atoms with van der Waals surface area (Å²) in [5.74, 6) is -3.46. The molecular formula is C23H21N5Na2O5. The molecule has 35 heavy (non-hydrogen) atoms. The van der Waals surface area contributed by atoms with E-state index in [4.69, 9.17) is 11.5 Å². The maximum Gasteiger partial charge on any atom is 1.00 e. The van der Waals surface area contributed by atoms with E-state index >= 15 is 0 Å². The topological polar surface area (TPSA) is 187 Å². The minimum absolute atomic E-state index is 0. The van der Waals surface area contributed by atoms with Gasteiger partial charge >= 0.3 is 59.1 Å². The second kappa shape index (κ2) is 13.6. The Morgan fingerprint density at radius 2 is 1.54 bits per heavy atom. The van der Waals surface area contributed by atoms with E-state index in [-0.39, 0.29) is 70.6 Å². The summed E-state index contributed by atoms with van der Waals surface area (Å²) in [6.07, 6.45) is 0.849. The average Bonchev–Trinajstić information content (AvgIpc) is 2.77. The molecule has 1 amide bonds. The van der Waals surface area contributed by atoms with Crippen LogP contribution < -0.4 is 86.1 Å². The van der Waals surface area contributed by atoms with Crippen molar-refractivity contribution in [3.8, 4) is 0 Å². The number of aliphatic carboxylic acids is 2. The summed E-state index contributed by atoms with van der Waals surface area (Å²) >= 11 is 0. The Balaban J connectivity index is 0.00000306. The van der Waals surface area contributed by atoms with E-state index in [2.05, 4.69) is 21.9 Å². The Morgan fingerprint density at radius 3 is 2.14 bits per heavy atom. The minimum atomic E-state index is -1.62. The number of nitrogen functional groups attached to an aromatic ring is 2. The van der Waals surface area contributed by atoms with E-state index in [9.17, 15) is 24.6 Å². The maximum atomic E-state index is 12.4. The number of nitrogens with two attached hydrogens (primary N) is 2. The summed E-state index contributed by atoms with van der Waals surface area (Å²) in [5.41, 5.74) is 13.9. The molecule has 0 aliphatic heterocycles. The summed E-state index contributed by atoms with van der Waals surface area (Å²) in [4.78, 5) is 42.4. The molecule has 12 heteroatoms. The number of carbonyl (C=O) groups is 3. The zero-order valence-electron chi connectivity index (χ0n) is 19.5. The molecule has 1 aromatic heterocycles. The largest absolute Gasteiger partial charge is 1.00 e. The van der Waals surface area contributed by atoms with E-state index in [0.29, 0.717) is 24.2 Å². The molecule has 0 aliphatic carbocycles. The summed E-state index contributed by atoms with van der Waals surface area (Å²) < 4.78 is 0. The predicted molar refractivity (Wildman–Crippen MR) is 117 cm³/mol. The molecule has 0 bridgehead atoms. The van der Waals surface area contributed by atoms with Gasteiger partial charge in [-0.2, -0.15) is 4.98 Å². The zero-order chi connectivity index (χ0) is 24.1. The zero-order valence-corrected chi connectivity index (χ0v) is 23.5. The van der Waals surface area contributed by atoms with Crippen LogP contribution in [0.15, 0.2) is 54.6 Å². The van der Waals surface area contributed by atoms with Crippen molar-refractivity contribution in [3.05, 3.63) is 71.3 Å². The molecule has 0 saturated carbocycles. The summed E-state index contributed by atoms with van der Waals surface area (Å²) in [6, 6.07) is 10.7. The first-order valence-electron chi connectivity index (χ1n) is 9.95. The molecule has 0 radical (unpaired) electrons. The van der Waals surface area contributed by atoms with Crippen molar-refractivity contribution in [3.63, 3.8) is 0 Å². The first kappa shape index (κ1) is 30.6. The smallest absolute Gasteiger partial charge is 0.548 e. The normalized spacial score (nSPS) is 11.0. The fraction of sp³-hybridized carbons (Fsp3) is 0.174. The van der Waals surface area contributed by atoms with Crippen LogP contribution in [-0.4, -0.2) is 33.9 Å². The molecule has 3 aromatic rings. The predicted octanol–water partition coefficient (Wildman–Crippen LogP) is -6.87. The molecule has 170 valence electrons. The van der Waals surface area contributed by atoms with Gasteiger partial charge in [-0.3, -0.25) is 4.79 Å². The van der Waals surface area contributed by atoms with E-state index in [1.807, 2.05) is 18.2 Å². The number of aromatic nitrogens is 2. The number of rotatable bonds is 9. The van der Waals surface area contributed by atoms with Crippen LogP contribution in [-0.2, 0) is 22.4 Å². The Morgan fingerprint density at radius 1 is 0.943 bits per heavy atom. The third-order valence-corrected chi connectivity index (χ3v) is 5.05. The second-order valence-corrected chi connectivity index (χ2v) is 7.46. The van der Waals surface area contributed by atoms with Crippen molar-refractivity contribution in [1.82, 2.24) is 15.3 Å². The molecular weight excluding hydrogens is 472 g/mol. The van der Waals surface area contributed by atoms with Gasteiger partial charge in [0.25, 0.3) is 5.91 Å². The number of benzene rings is 2. The standard InChI is InChI=1S/C23H23N5O5.2Na/c1-12(21(30)31)10-18(22(32)33)26-20(29)15-7-4-13(5-8-15)2-3-14-6-9-17-16(11-14)19(24)28-23(25)27-17;;/h4-9,11,18H,1-3,10H2,(H,26,29)(H,30,31)(H,32,33)(H4,24,25,27,28);;/q;2*+1/p-2/t18-;;/m0../s1. The van der Waals surface area contributed by atoms with Gasteiger partial charge in [0, 0.05) is 10.9 Å². The number of anilines is 2. The molecule has 1 atom stereocenters. The van der Waals surface area contributed by atoms with Gasteiger partial charge in [-0.05, 0) is 60.2 Å². The van der Waals surface area contributed by atoms with Crippen molar-refractivity contribution in [2.75, 3.05) is 11.5 Å². The first-order chi connectivity index (χ1) is 15.6. The van der Waals surface area contributed by atoms with E-state index in [0.717, 1.165) is 16.5 Å². The number of carboxylic acids is 2. The van der Waals surface area contributed by atoms with Gasteiger partial charge in [-0.1, -0.05) is 24.8 Å². The number of carbonyl (C=O) groups excluding carboxylic acids is 3. The fourth-order valence-electron chi connectivity index (χ4n) is 3.25. The molecule has 0 fully saturated rings. The van der Waals surface area contributed by atoms with Crippen LogP contribution in [0.4, 0.5) is 11.8 Å². The van der Waals surface area contributed by atoms with Crippen molar-refractivity contribution in [2.24, 2.45) is 0 Å². The molecule has 1 heterocycles. The third kappa shape index (κ3) is 8.31. The van der Waals surface area contributed by atoms with Gasteiger partial charge in [0.2, 0.25) is 5.95 Å². The van der Waals surface area contributed by atoms with E-state index in [1.165, 1.54) is 0 Å². The first-order valence-corrected chi connectivity index (χ1v) is 9.95. The van der Waals surface area contributed by atoms with Crippen LogP contribution in [0, 0.1) is 0 Å². The number of nitrogens with zero attached hydrogens (tertiary/aromatic N) is 2. The van der Waals surface area contributed by atoms with E-state index < -0.39 is 35.9 Å². The molecule has 0 saturated heterocycles. The van der Waals surface area contributed by atoms with Crippen molar-refractivity contribution in [2.45, 2.75) is 25.3 Å². The Labute approximate surface area is 245 Å². The number of aryl methyl sites for hydroxylation is 2. The van der Waals surface area contributed by atoms with Crippen LogP contribution in [0.5, 0.6) is 0 Å². The number of nitrogens with one attached hydrogen (secondary N) is 1. The SMILES string of the molecule is C=C(C[C@H](NC(=O)c1ccc(CCc2ccc3nc(N)nc(N)c3c2)cc1)C(=O)[O-])C(=O)[O-].[Na+].[Na+]. The van der Waals surface area contributed by atoms with E-state index in [1.54, 1.807) is 24.3 Å². The van der Waals surface area contributed by atoms with Crippen LogP contribution >= 0.6 is 0 Å². The molecule has 0 spiro atoms. The van der Waals surface area contributed by atoms with Gasteiger partial charge in [-0.15, -0.1) is 0 Å². The Hall–Kier alpha value is -2.47. The van der Waals surface area contributed by atoms with Gasteiger partial charge in [0.15, 0.2) is 0 Å². The van der Waals surface area contributed by atoms with Crippen LogP contribution in [0.1, 0.15) is 27.9 Å². The molecule has 2 aromatic carbocycles. The third-order valence-electron chi connectivity index (χ3n) is 5.05. The quantitative estimate of drug-likeness (QED) is 0.192. The number of carboxylic acid groups (broad SMARTS) is 2. The van der Waals surface area contributed by atoms with Crippen molar-refractivity contribution in [1.29, 1.82) is 0 Å². The number of hydrogen-bond acceptors (Lipinski definition) is 9. The number of amides is 1. The minimum Gasteiger partial charge on any atom is -0.548 e. The molecule has 0 unspecified atom stereocenters. The summed E-state index contributed by atoms with van der Waals surface area (Å²) in [7, 11) is 0. The molecule has 3 rings (SSSR count). The van der Waals surface area contributed by atoms with Crippen molar-refractivity contribution >= 4 is 40.5 Å². The van der Waals surface area contributed by atoms with Gasteiger partial charge in [-0.25, -0.2) is 4.98 Å². The maximum absolute atomic E-state index is 12.4. The molecule has 10 nitrogen and oxygen atoms in total.